The molecule has 0 aliphatic carbocycles. The largest absolute Gasteiger partial charge is 0.479 e. The quantitative estimate of drug-likeness (QED) is 0.568. The van der Waals surface area contributed by atoms with Crippen LogP contribution in [0.15, 0.2) is 0 Å². The summed E-state index contributed by atoms with van der Waals surface area (Å²) >= 11 is 0. The van der Waals surface area contributed by atoms with Gasteiger partial charge in [-0.2, -0.15) is 0 Å². The molecule has 1 saturated heterocycles. The third-order valence-electron chi connectivity index (χ3n) is 2.99. The van der Waals surface area contributed by atoms with Gasteiger partial charge in [0.25, 0.3) is 0 Å². The van der Waals surface area contributed by atoms with Crippen molar-refractivity contribution in [3.05, 3.63) is 0 Å². The second-order valence-electron chi connectivity index (χ2n) is 5.39. The molecule has 1 aliphatic heterocycles. The fourth-order valence-corrected chi connectivity index (χ4v) is 1.84. The number of urea groups is 1. The molecule has 0 bridgehead atoms. The number of carboxylic acid groups (broad SMARTS) is 1. The highest BCUT2D eigenvalue weighted by Gasteiger charge is 2.43. The number of nitrogens with one attached hydrogen (secondary N) is 2. The van der Waals surface area contributed by atoms with Crippen LogP contribution in [0.4, 0.5) is 4.79 Å². The van der Waals surface area contributed by atoms with Crippen molar-refractivity contribution in [3.8, 4) is 0 Å². The molecule has 2 amide bonds. The molecular formula is C13H24N2O5. The van der Waals surface area contributed by atoms with Crippen molar-refractivity contribution >= 4 is 12.0 Å². The predicted molar refractivity (Wildman–Crippen MR) is 72.6 cm³/mol. The summed E-state index contributed by atoms with van der Waals surface area (Å²) in [5.41, 5.74) is -1.29. The van der Waals surface area contributed by atoms with Crippen LogP contribution in [0.5, 0.6) is 0 Å². The van der Waals surface area contributed by atoms with Gasteiger partial charge in [0.1, 0.15) is 0 Å². The maximum absolute atomic E-state index is 11.7. The third kappa shape index (κ3) is 5.34. The first kappa shape index (κ1) is 16.7. The summed E-state index contributed by atoms with van der Waals surface area (Å²) in [7, 11) is 0. The Balaban J connectivity index is 2.18. The minimum atomic E-state index is -1.29. The van der Waals surface area contributed by atoms with Crippen LogP contribution >= 0.6 is 0 Å². The van der Waals surface area contributed by atoms with E-state index in [-0.39, 0.29) is 13.0 Å². The molecule has 7 nitrogen and oxygen atoms in total. The Labute approximate surface area is 119 Å². The summed E-state index contributed by atoms with van der Waals surface area (Å²) in [6, 6.07) is -0.484. The highest BCUT2D eigenvalue weighted by molar-refractivity contribution is 5.86. The number of amides is 2. The Morgan fingerprint density at radius 2 is 2.20 bits per heavy atom. The molecule has 0 aromatic carbocycles. The molecule has 1 unspecified atom stereocenters. The third-order valence-corrected chi connectivity index (χ3v) is 2.99. The van der Waals surface area contributed by atoms with E-state index in [0.29, 0.717) is 38.7 Å². The average molecular weight is 288 g/mol. The van der Waals surface area contributed by atoms with Crippen molar-refractivity contribution in [1.29, 1.82) is 0 Å². The first-order chi connectivity index (χ1) is 9.46. The van der Waals surface area contributed by atoms with Crippen molar-refractivity contribution in [2.75, 3.05) is 33.0 Å². The summed E-state index contributed by atoms with van der Waals surface area (Å²) in [6.07, 6.45) is 0.976. The molecule has 3 N–H and O–H groups in total. The molecule has 0 aromatic rings. The Hall–Kier alpha value is -1.34. The Bertz CT molecular complexity index is 327. The number of hydrogen-bond donors (Lipinski definition) is 3. The van der Waals surface area contributed by atoms with E-state index < -0.39 is 17.5 Å². The van der Waals surface area contributed by atoms with Crippen LogP contribution in [0, 0.1) is 5.92 Å². The highest BCUT2D eigenvalue weighted by Crippen LogP contribution is 2.18. The van der Waals surface area contributed by atoms with Crippen LogP contribution in [-0.4, -0.2) is 55.6 Å². The van der Waals surface area contributed by atoms with E-state index in [2.05, 4.69) is 24.5 Å². The van der Waals surface area contributed by atoms with Gasteiger partial charge < -0.3 is 25.2 Å². The van der Waals surface area contributed by atoms with E-state index in [0.717, 1.165) is 0 Å². The molecule has 116 valence electrons. The molecular weight excluding hydrogens is 264 g/mol. The lowest BCUT2D eigenvalue weighted by Crippen LogP contribution is -2.57. The molecule has 0 saturated carbocycles. The SMILES string of the molecule is CC(C)COCCCNC(=O)NC1(C(=O)O)CCOC1. The van der Waals surface area contributed by atoms with Gasteiger partial charge in [-0.15, -0.1) is 0 Å². The number of ether oxygens (including phenoxy) is 2. The number of carbonyl (C=O) groups excluding carboxylic acids is 1. The monoisotopic (exact) mass is 288 g/mol. The zero-order chi connectivity index (χ0) is 15.0. The molecule has 0 spiro atoms. The predicted octanol–water partition coefficient (Wildman–Crippen LogP) is 0.592. The molecule has 7 heteroatoms. The van der Waals surface area contributed by atoms with Crippen molar-refractivity contribution in [2.45, 2.75) is 32.2 Å². The summed E-state index contributed by atoms with van der Waals surface area (Å²) in [6.45, 7) is 6.21. The van der Waals surface area contributed by atoms with Crippen molar-refractivity contribution in [3.63, 3.8) is 0 Å². The average Bonchev–Trinajstić information content (AvgIpc) is 2.83. The molecule has 0 radical (unpaired) electrons. The summed E-state index contributed by atoms with van der Waals surface area (Å²) < 4.78 is 10.4. The zero-order valence-corrected chi connectivity index (χ0v) is 12.1. The van der Waals surface area contributed by atoms with E-state index in [1.807, 2.05) is 0 Å². The summed E-state index contributed by atoms with van der Waals surface area (Å²) in [4.78, 5) is 22.9. The zero-order valence-electron chi connectivity index (χ0n) is 12.1. The van der Waals surface area contributed by atoms with Gasteiger partial charge in [-0.3, -0.25) is 0 Å². The van der Waals surface area contributed by atoms with E-state index >= 15 is 0 Å². The fourth-order valence-electron chi connectivity index (χ4n) is 1.84. The number of aliphatic carboxylic acids is 1. The van der Waals surface area contributed by atoms with Crippen LogP contribution in [0.3, 0.4) is 0 Å². The standard InChI is InChI=1S/C13H24N2O5/c1-10(2)8-19-6-3-5-14-12(18)15-13(11(16)17)4-7-20-9-13/h10H,3-9H2,1-2H3,(H,16,17)(H2,14,15,18). The van der Waals surface area contributed by atoms with Crippen molar-refractivity contribution < 1.29 is 24.2 Å². The molecule has 1 heterocycles. The van der Waals surface area contributed by atoms with E-state index in [1.165, 1.54) is 0 Å². The van der Waals surface area contributed by atoms with E-state index in [4.69, 9.17) is 14.6 Å². The van der Waals surface area contributed by atoms with Gasteiger partial charge in [0.15, 0.2) is 5.54 Å². The first-order valence-electron chi connectivity index (χ1n) is 6.91. The van der Waals surface area contributed by atoms with Gasteiger partial charge in [-0.25, -0.2) is 9.59 Å². The van der Waals surface area contributed by atoms with Crippen LogP contribution in [-0.2, 0) is 14.3 Å². The second kappa shape index (κ2) is 8.06. The van der Waals surface area contributed by atoms with Crippen LogP contribution in [0.1, 0.15) is 26.7 Å². The van der Waals surface area contributed by atoms with Gasteiger partial charge in [-0.1, -0.05) is 13.8 Å². The molecule has 1 rings (SSSR count). The number of hydrogen-bond acceptors (Lipinski definition) is 4. The normalized spacial score (nSPS) is 21.9. The molecule has 1 atom stereocenters. The number of carbonyl (C=O) groups is 2. The highest BCUT2D eigenvalue weighted by atomic mass is 16.5. The van der Waals surface area contributed by atoms with Gasteiger partial charge in [-0.05, 0) is 12.3 Å². The lowest BCUT2D eigenvalue weighted by atomic mass is 9.99. The van der Waals surface area contributed by atoms with Gasteiger partial charge in [0, 0.05) is 32.8 Å². The van der Waals surface area contributed by atoms with Crippen molar-refractivity contribution in [2.24, 2.45) is 5.92 Å². The minimum Gasteiger partial charge on any atom is -0.479 e. The fraction of sp³-hybridized carbons (Fsp3) is 0.846. The lowest BCUT2D eigenvalue weighted by Gasteiger charge is -2.23. The Kier molecular flexibility index (Phi) is 6.74. The van der Waals surface area contributed by atoms with E-state index in [9.17, 15) is 9.59 Å². The Morgan fingerprint density at radius 3 is 2.75 bits per heavy atom. The van der Waals surface area contributed by atoms with Crippen LogP contribution in [0.2, 0.25) is 0 Å². The molecule has 20 heavy (non-hydrogen) atoms. The summed E-state index contributed by atoms with van der Waals surface area (Å²) in [5, 5.41) is 14.3. The Morgan fingerprint density at radius 1 is 1.45 bits per heavy atom. The maximum Gasteiger partial charge on any atom is 0.332 e. The number of carboxylic acids is 1. The minimum absolute atomic E-state index is 0.00720. The van der Waals surface area contributed by atoms with Crippen molar-refractivity contribution in [1.82, 2.24) is 10.6 Å². The maximum atomic E-state index is 11.7. The van der Waals surface area contributed by atoms with E-state index in [1.54, 1.807) is 0 Å². The summed E-state index contributed by atoms with van der Waals surface area (Å²) in [5.74, 6) is -0.575. The van der Waals surface area contributed by atoms with Gasteiger partial charge in [0.2, 0.25) is 0 Å². The van der Waals surface area contributed by atoms with Crippen LogP contribution in [0.25, 0.3) is 0 Å². The first-order valence-corrected chi connectivity index (χ1v) is 6.91. The lowest BCUT2D eigenvalue weighted by molar-refractivity contribution is -0.144. The second-order valence-corrected chi connectivity index (χ2v) is 5.39. The molecule has 0 aromatic heterocycles. The van der Waals surface area contributed by atoms with Gasteiger partial charge in [0.05, 0.1) is 6.61 Å². The van der Waals surface area contributed by atoms with Gasteiger partial charge >= 0.3 is 12.0 Å². The van der Waals surface area contributed by atoms with Crippen LogP contribution < -0.4 is 10.6 Å². The smallest absolute Gasteiger partial charge is 0.332 e. The topological polar surface area (TPSA) is 96.9 Å². The molecule has 1 fully saturated rings. The number of rotatable bonds is 8. The molecule has 1 aliphatic rings.